The maximum Gasteiger partial charge on any atom is 0.238 e. The van der Waals surface area contributed by atoms with Crippen LogP contribution in [0.1, 0.15) is 181 Å². The van der Waals surface area contributed by atoms with Crippen LogP contribution in [0.5, 0.6) is 23.0 Å². The van der Waals surface area contributed by atoms with Gasteiger partial charge in [0.2, 0.25) is 11.2 Å². The van der Waals surface area contributed by atoms with Crippen molar-refractivity contribution in [3.8, 4) is 45.4 Å². The van der Waals surface area contributed by atoms with E-state index < -0.39 is 41.0 Å². The molecule has 93 heavy (non-hydrogen) atoms. The molecule has 12 nitrogen and oxygen atoms in total. The van der Waals surface area contributed by atoms with Crippen molar-refractivity contribution >= 4 is 92.8 Å². The molecule has 3 aliphatic carbocycles. The number of benzene rings is 6. The number of carbonyl (C=O) groups is 1. The predicted octanol–water partition coefficient (Wildman–Crippen LogP) is 15.7. The number of carbonyl (C=O) groups excluding carboxylic acids is 1. The minimum absolute atomic E-state index is 0.0131. The maximum atomic E-state index is 15.9. The Hall–Kier alpha value is -4.44. The zero-order valence-electron chi connectivity index (χ0n) is 52.7. The van der Waals surface area contributed by atoms with E-state index in [9.17, 15) is 40.5 Å². The molecule has 8 aliphatic rings. The van der Waals surface area contributed by atoms with Crippen molar-refractivity contribution in [2.45, 2.75) is 187 Å². The summed E-state index contributed by atoms with van der Waals surface area (Å²) in [4.78, 5) is 28.3. The van der Waals surface area contributed by atoms with Crippen LogP contribution in [0.4, 0.5) is 0 Å². The van der Waals surface area contributed by atoms with Crippen LogP contribution in [0.15, 0.2) is 88.1 Å². The highest BCUT2D eigenvalue weighted by Crippen LogP contribution is 2.62. The van der Waals surface area contributed by atoms with Crippen LogP contribution in [0.3, 0.4) is 0 Å². The number of ether oxygens (including phenoxy) is 1. The Morgan fingerprint density at radius 1 is 0.785 bits per heavy atom. The van der Waals surface area contributed by atoms with Gasteiger partial charge in [-0.2, -0.15) is 0 Å². The summed E-state index contributed by atoms with van der Waals surface area (Å²) in [7, 11) is 10.5. The lowest BCUT2D eigenvalue weighted by atomic mass is 9.65. The molecule has 6 heterocycles. The number of aliphatic hydroxyl groups excluding tert-OH is 3. The van der Waals surface area contributed by atoms with Crippen LogP contribution in [-0.4, -0.2) is 101 Å². The third-order valence-corrected chi connectivity index (χ3v) is 30.1. The average Bonchev–Trinajstić information content (AvgIpc) is 0.817. The molecule has 1 aromatic heterocycles. The fourth-order valence-corrected chi connectivity index (χ4v) is 25.9. The van der Waals surface area contributed by atoms with Crippen molar-refractivity contribution in [1.82, 2.24) is 5.32 Å². The standard InChI is InChI=1S/C75H83NO11S6/c1-38(2)23-46-29-52(55-36-91-92-61-30-45-26-39-9-6-11-41(24-39)47(34-78)35-89-90-37-56(45)76-67(61)44-12-7-10-40(25-44)27-51(55)68(46)81)72-71(84)70(83)66-60(87-72)33-58(80)64-53-31-50-48(17-21-77)42(16-20-75(85)18-4-3-5-19-75)28-43-14-15-49-65(62(43)50)63(53)54-32-59(86-73(64)66)57(79)13-8-22-88-93-74(49)69(54)82/h6-7,9-12,14-15,24-25,29,31,33-34,38,42,45,47-48,54,56-57,59,61,67,69,74,76-77,79-82,84-85H,3-5,8,13,16-23,26-28,30,32,35-37H2,1-2H3/t42-,45+,47+,48-,54+,56+,57-,59+,61-,67+,69-,74-/m0/s1. The second-order valence-corrected chi connectivity index (χ2v) is 36.1. The molecule has 5 aliphatic heterocycles. The summed E-state index contributed by atoms with van der Waals surface area (Å²) in [6.45, 7) is 4.13. The maximum absolute atomic E-state index is 15.9. The van der Waals surface area contributed by atoms with E-state index in [-0.39, 0.29) is 98.8 Å². The van der Waals surface area contributed by atoms with Gasteiger partial charge in [-0.3, -0.25) is 4.79 Å². The number of phenolic OH excluding ortho intramolecular Hbond substituents is 2. The van der Waals surface area contributed by atoms with Gasteiger partial charge in [0.05, 0.1) is 28.6 Å². The molecule has 0 spiro atoms. The third kappa shape index (κ3) is 12.1. The molecule has 0 amide bonds. The minimum atomic E-state index is -1.02. The number of fused-ring (bicyclic) bond motifs is 15. The summed E-state index contributed by atoms with van der Waals surface area (Å²) in [6, 6.07) is 27.3. The number of hydrogen-bond acceptors (Lipinski definition) is 18. The Morgan fingerprint density at radius 2 is 1.59 bits per heavy atom. The second kappa shape index (κ2) is 26.8. The number of phenols is 2. The molecule has 490 valence electrons. The van der Waals surface area contributed by atoms with Gasteiger partial charge in [-0.15, -0.1) is 0 Å². The van der Waals surface area contributed by atoms with Gasteiger partial charge in [-0.1, -0.05) is 159 Å². The monoisotopic (exact) mass is 1370 g/mol. The van der Waals surface area contributed by atoms with Crippen LogP contribution in [0, 0.1) is 17.8 Å². The number of rotatable bonds is 9. The van der Waals surface area contributed by atoms with Gasteiger partial charge in [0, 0.05) is 82.4 Å². The molecule has 6 aromatic carbocycles. The highest BCUT2D eigenvalue weighted by molar-refractivity contribution is 8.77. The Labute approximate surface area is 567 Å². The van der Waals surface area contributed by atoms with Gasteiger partial charge in [0.1, 0.15) is 40.6 Å². The van der Waals surface area contributed by atoms with Gasteiger partial charge in [0.15, 0.2) is 5.76 Å². The van der Waals surface area contributed by atoms with Crippen molar-refractivity contribution in [3.05, 3.63) is 150 Å². The molecule has 2 saturated heterocycles. The first-order valence-electron chi connectivity index (χ1n) is 33.8. The number of aldehydes is 1. The van der Waals surface area contributed by atoms with Gasteiger partial charge in [-0.05, 0) is 185 Å². The summed E-state index contributed by atoms with van der Waals surface area (Å²) >= 11 is 0. The molecule has 12 atom stereocenters. The number of piperidine rings is 1. The molecular formula is C75H83NO11S6. The largest absolute Gasteiger partial charge is 0.507 e. The first-order valence-corrected chi connectivity index (χ1v) is 41.0. The summed E-state index contributed by atoms with van der Waals surface area (Å²) in [5, 5.41) is 92.8. The quantitative estimate of drug-likeness (QED) is 0.0499. The van der Waals surface area contributed by atoms with Gasteiger partial charge in [0.25, 0.3) is 0 Å². The Balaban J connectivity index is 0.877. The predicted molar refractivity (Wildman–Crippen MR) is 383 cm³/mol. The molecule has 0 unspecified atom stereocenters. The van der Waals surface area contributed by atoms with E-state index >= 15 is 4.79 Å². The average molecular weight is 1370 g/mol. The minimum Gasteiger partial charge on any atom is -0.507 e. The van der Waals surface area contributed by atoms with Gasteiger partial charge < -0.3 is 55.0 Å². The van der Waals surface area contributed by atoms with Crippen molar-refractivity contribution in [2.24, 2.45) is 17.8 Å². The van der Waals surface area contributed by atoms with E-state index in [1.807, 2.05) is 27.7 Å². The SMILES string of the molecule is CC(C)Cc1cc(-c2oc3cc(O)c4c(c3c(=O)c2O)O[C@@H]2C[C@@H]3c5c-4cc4c6c(ccc(c56)[C@H](SSCCC[C@@H]2O)[C@H]3O)C[C@H](CCC2(O)CCCCC2)[C@@H]4CCO)c2c(c1O)Cc1cccc(c1)[C@H]1N[C@@H]3CSSC[C@@H](C=O)c4cccc(c4)C[C@@H]3C[C@@H]1SSC2. The molecule has 7 aromatic rings. The van der Waals surface area contributed by atoms with Crippen molar-refractivity contribution in [1.29, 1.82) is 0 Å². The van der Waals surface area contributed by atoms with E-state index in [2.05, 4.69) is 85.9 Å². The molecule has 7 bridgehead atoms. The molecule has 18 heteroatoms. The Bertz CT molecular complexity index is 4090. The number of hydrogen-bond donors (Lipinski definition) is 8. The van der Waals surface area contributed by atoms with Crippen molar-refractivity contribution in [2.75, 3.05) is 23.9 Å². The summed E-state index contributed by atoms with van der Waals surface area (Å²) in [6.07, 6.45) is 9.51. The van der Waals surface area contributed by atoms with Crippen LogP contribution in [-0.2, 0) is 36.2 Å². The van der Waals surface area contributed by atoms with Gasteiger partial charge >= 0.3 is 0 Å². The molecule has 0 radical (unpaired) electrons. The number of aromatic hydroxyl groups is 3. The van der Waals surface area contributed by atoms with Crippen LogP contribution in [0.25, 0.3) is 44.2 Å². The lowest BCUT2D eigenvalue weighted by Gasteiger charge is -2.44. The lowest BCUT2D eigenvalue weighted by molar-refractivity contribution is -0.108. The first kappa shape index (κ1) is 64.5. The highest BCUT2D eigenvalue weighted by atomic mass is 33.1. The molecular weight excluding hydrogens is 1280 g/mol. The zero-order chi connectivity index (χ0) is 64.0. The van der Waals surface area contributed by atoms with E-state index in [4.69, 9.17) is 9.15 Å². The van der Waals surface area contributed by atoms with Gasteiger partial charge in [-0.25, -0.2) is 0 Å². The summed E-state index contributed by atoms with van der Waals surface area (Å²) in [5.41, 5.74) is 10.3. The number of aliphatic hydroxyl groups is 4. The smallest absolute Gasteiger partial charge is 0.238 e. The molecule has 1 saturated carbocycles. The van der Waals surface area contributed by atoms with Crippen LogP contribution in [0.2, 0.25) is 0 Å². The van der Waals surface area contributed by atoms with E-state index in [1.54, 1.807) is 43.2 Å². The molecule has 3 fully saturated rings. The summed E-state index contributed by atoms with van der Waals surface area (Å²) in [5.74, 6) is 1.60. The second-order valence-electron chi connectivity index (χ2n) is 28.3. The van der Waals surface area contributed by atoms with Crippen molar-refractivity contribution in [3.63, 3.8) is 0 Å². The highest BCUT2D eigenvalue weighted by Gasteiger charge is 2.48. The Kier molecular flexibility index (Phi) is 18.6. The fraction of sp³-hybridized carbons (Fsp3) is 0.493. The normalized spacial score (nSPS) is 28.2. The van der Waals surface area contributed by atoms with E-state index in [0.29, 0.717) is 72.4 Å². The zero-order valence-corrected chi connectivity index (χ0v) is 57.5. The lowest BCUT2D eigenvalue weighted by Crippen LogP contribution is -2.50. The van der Waals surface area contributed by atoms with Crippen molar-refractivity contribution < 1.29 is 49.7 Å². The molecule has 15 rings (SSSR count). The topological polar surface area (TPSA) is 210 Å². The van der Waals surface area contributed by atoms with E-state index in [0.717, 1.165) is 125 Å². The summed E-state index contributed by atoms with van der Waals surface area (Å²) < 4.78 is 14.2. The molecule has 8 N–H and O–H groups in total. The third-order valence-electron chi connectivity index (χ3n) is 22.0. The Morgan fingerprint density at radius 3 is 2.41 bits per heavy atom. The van der Waals surface area contributed by atoms with E-state index in [1.165, 1.54) is 22.8 Å². The van der Waals surface area contributed by atoms with Crippen LogP contribution >= 0.6 is 64.8 Å². The fourth-order valence-electron chi connectivity index (χ4n) is 17.4. The number of nitrogens with one attached hydrogen (secondary N) is 1. The first-order chi connectivity index (χ1) is 45.1. The van der Waals surface area contributed by atoms with Crippen LogP contribution < -0.4 is 15.5 Å².